The molecule has 2 aromatic rings. The normalized spacial score (nSPS) is 18.3. The minimum atomic E-state index is 0.0943. The first kappa shape index (κ1) is 8.98. The van der Waals surface area contributed by atoms with Crippen molar-refractivity contribution in [3.05, 3.63) is 35.6 Å². The highest BCUT2D eigenvalue weighted by atomic mass is 16.3. The van der Waals surface area contributed by atoms with Crippen LogP contribution in [0.2, 0.25) is 0 Å². The largest absolute Gasteiger partial charge is 0.459 e. The molecule has 15 heavy (non-hydrogen) atoms. The lowest BCUT2D eigenvalue weighted by Crippen LogP contribution is -2.10. The van der Waals surface area contributed by atoms with Gasteiger partial charge in [0.05, 0.1) is 6.04 Å². The van der Waals surface area contributed by atoms with Crippen LogP contribution < -0.4 is 5.73 Å². The van der Waals surface area contributed by atoms with Crippen molar-refractivity contribution in [2.45, 2.75) is 25.8 Å². The number of nitrogens with two attached hydrogens (primary N) is 1. The van der Waals surface area contributed by atoms with E-state index >= 15 is 0 Å². The summed E-state index contributed by atoms with van der Waals surface area (Å²) in [6.45, 7) is 2.07. The van der Waals surface area contributed by atoms with Gasteiger partial charge in [-0.3, -0.25) is 0 Å². The van der Waals surface area contributed by atoms with Gasteiger partial charge in [-0.2, -0.15) is 0 Å². The van der Waals surface area contributed by atoms with Gasteiger partial charge in [-0.1, -0.05) is 18.2 Å². The molecule has 78 valence electrons. The molecule has 1 aromatic carbocycles. The molecule has 0 aliphatic heterocycles. The summed E-state index contributed by atoms with van der Waals surface area (Å²) in [6.07, 6.45) is 2.49. The Balaban J connectivity index is 2.09. The minimum Gasteiger partial charge on any atom is -0.459 e. The smallest absolute Gasteiger partial charge is 0.137 e. The zero-order valence-electron chi connectivity index (χ0n) is 8.86. The Hall–Kier alpha value is -1.28. The number of fused-ring (bicyclic) bond motifs is 1. The third-order valence-corrected chi connectivity index (χ3v) is 3.22. The van der Waals surface area contributed by atoms with Crippen LogP contribution in [0.5, 0.6) is 0 Å². The molecular formula is C13H15NO. The highest BCUT2D eigenvalue weighted by Gasteiger charge is 2.31. The molecule has 2 heteroatoms. The molecule has 1 atom stereocenters. The topological polar surface area (TPSA) is 39.2 Å². The lowest BCUT2D eigenvalue weighted by molar-refractivity contribution is 0.466. The van der Waals surface area contributed by atoms with Crippen molar-refractivity contribution in [1.29, 1.82) is 0 Å². The molecule has 0 spiro atoms. The van der Waals surface area contributed by atoms with Gasteiger partial charge in [0.1, 0.15) is 11.3 Å². The molecule has 0 amide bonds. The van der Waals surface area contributed by atoms with E-state index in [-0.39, 0.29) is 6.04 Å². The summed E-state index contributed by atoms with van der Waals surface area (Å²) in [5.41, 5.74) is 8.29. The molecule has 1 aromatic heterocycles. The monoisotopic (exact) mass is 201 g/mol. The van der Waals surface area contributed by atoms with Gasteiger partial charge in [-0.15, -0.1) is 0 Å². The van der Waals surface area contributed by atoms with Crippen molar-refractivity contribution in [3.63, 3.8) is 0 Å². The van der Waals surface area contributed by atoms with Gasteiger partial charge in [0.25, 0.3) is 0 Å². The Morgan fingerprint density at radius 3 is 2.87 bits per heavy atom. The van der Waals surface area contributed by atoms with Crippen LogP contribution in [0.4, 0.5) is 0 Å². The lowest BCUT2D eigenvalue weighted by Gasteiger charge is -2.04. The molecule has 0 bridgehead atoms. The Morgan fingerprint density at radius 1 is 1.40 bits per heavy atom. The second-order valence-corrected chi connectivity index (χ2v) is 4.51. The minimum absolute atomic E-state index is 0.0943. The average molecular weight is 201 g/mol. The average Bonchev–Trinajstić information content (AvgIpc) is 2.97. The summed E-state index contributed by atoms with van der Waals surface area (Å²) >= 11 is 0. The van der Waals surface area contributed by atoms with Crippen LogP contribution in [0, 0.1) is 12.8 Å². The summed E-state index contributed by atoms with van der Waals surface area (Å²) in [5, 5.41) is 1.17. The molecule has 1 aliphatic rings. The van der Waals surface area contributed by atoms with Gasteiger partial charge < -0.3 is 10.2 Å². The molecule has 1 fully saturated rings. The standard InChI is InChI=1S/C13H15NO/c1-8-3-2-4-10-7-11(15-13(8)10)12(14)9-5-6-9/h2-4,7,9,12H,5-6,14H2,1H3. The number of aryl methyl sites for hydroxylation is 1. The summed E-state index contributed by atoms with van der Waals surface area (Å²) in [4.78, 5) is 0. The fourth-order valence-electron chi connectivity index (χ4n) is 2.08. The third kappa shape index (κ3) is 1.45. The maximum atomic E-state index is 6.12. The van der Waals surface area contributed by atoms with Gasteiger partial charge in [0, 0.05) is 5.39 Å². The number of rotatable bonds is 2. The van der Waals surface area contributed by atoms with Crippen molar-refractivity contribution in [1.82, 2.24) is 0 Å². The van der Waals surface area contributed by atoms with E-state index in [1.165, 1.54) is 23.8 Å². The van der Waals surface area contributed by atoms with Crippen LogP contribution in [-0.2, 0) is 0 Å². The van der Waals surface area contributed by atoms with Crippen LogP contribution >= 0.6 is 0 Å². The maximum Gasteiger partial charge on any atom is 0.137 e. The number of benzene rings is 1. The number of furan rings is 1. The predicted molar refractivity (Wildman–Crippen MR) is 60.6 cm³/mol. The van der Waals surface area contributed by atoms with Gasteiger partial charge >= 0.3 is 0 Å². The Labute approximate surface area is 89.1 Å². The second-order valence-electron chi connectivity index (χ2n) is 4.51. The Kier molecular flexibility index (Phi) is 1.86. The first-order valence-electron chi connectivity index (χ1n) is 5.50. The van der Waals surface area contributed by atoms with Crippen molar-refractivity contribution < 1.29 is 4.42 Å². The van der Waals surface area contributed by atoms with E-state index in [4.69, 9.17) is 10.2 Å². The molecule has 1 heterocycles. The van der Waals surface area contributed by atoms with Crippen molar-refractivity contribution in [3.8, 4) is 0 Å². The molecule has 1 unspecified atom stereocenters. The summed E-state index contributed by atoms with van der Waals surface area (Å²) in [7, 11) is 0. The van der Waals surface area contributed by atoms with Crippen molar-refractivity contribution >= 4 is 11.0 Å². The van der Waals surface area contributed by atoms with E-state index < -0.39 is 0 Å². The van der Waals surface area contributed by atoms with Gasteiger partial charge in [-0.05, 0) is 37.3 Å². The SMILES string of the molecule is Cc1cccc2cc(C(N)C3CC3)oc12. The van der Waals surface area contributed by atoms with Crippen LogP contribution in [0.25, 0.3) is 11.0 Å². The van der Waals surface area contributed by atoms with E-state index in [9.17, 15) is 0 Å². The molecule has 0 saturated heterocycles. The van der Waals surface area contributed by atoms with Crippen molar-refractivity contribution in [2.75, 3.05) is 0 Å². The van der Waals surface area contributed by atoms with E-state index in [1.807, 2.05) is 0 Å². The van der Waals surface area contributed by atoms with Gasteiger partial charge in [-0.25, -0.2) is 0 Å². The van der Waals surface area contributed by atoms with Crippen LogP contribution in [0.3, 0.4) is 0 Å². The fraction of sp³-hybridized carbons (Fsp3) is 0.385. The van der Waals surface area contributed by atoms with E-state index in [1.54, 1.807) is 0 Å². The summed E-state index contributed by atoms with van der Waals surface area (Å²) in [5.74, 6) is 1.59. The molecular weight excluding hydrogens is 186 g/mol. The maximum absolute atomic E-state index is 6.12. The van der Waals surface area contributed by atoms with Crippen molar-refractivity contribution in [2.24, 2.45) is 11.7 Å². The molecule has 3 rings (SSSR count). The molecule has 1 saturated carbocycles. The van der Waals surface area contributed by atoms with Crippen LogP contribution in [0.1, 0.15) is 30.2 Å². The lowest BCUT2D eigenvalue weighted by atomic mass is 10.1. The molecule has 2 nitrogen and oxygen atoms in total. The van der Waals surface area contributed by atoms with E-state index in [2.05, 4.69) is 31.2 Å². The zero-order valence-corrected chi connectivity index (χ0v) is 8.86. The first-order chi connectivity index (χ1) is 7.25. The summed E-state index contributed by atoms with van der Waals surface area (Å²) < 4.78 is 5.84. The molecule has 2 N–H and O–H groups in total. The Morgan fingerprint density at radius 2 is 2.20 bits per heavy atom. The van der Waals surface area contributed by atoms with E-state index in [0.717, 1.165) is 11.3 Å². The van der Waals surface area contributed by atoms with Crippen LogP contribution in [-0.4, -0.2) is 0 Å². The zero-order chi connectivity index (χ0) is 10.4. The van der Waals surface area contributed by atoms with Gasteiger partial charge in [0.15, 0.2) is 0 Å². The van der Waals surface area contributed by atoms with Gasteiger partial charge in [0.2, 0.25) is 0 Å². The van der Waals surface area contributed by atoms with Crippen LogP contribution in [0.15, 0.2) is 28.7 Å². The Bertz CT molecular complexity index is 496. The first-order valence-corrected chi connectivity index (χ1v) is 5.50. The molecule has 1 aliphatic carbocycles. The summed E-state index contributed by atoms with van der Waals surface area (Å²) in [6, 6.07) is 8.38. The number of para-hydroxylation sites is 1. The predicted octanol–water partition coefficient (Wildman–Crippen LogP) is 3.15. The highest BCUT2D eigenvalue weighted by Crippen LogP contribution is 2.40. The highest BCUT2D eigenvalue weighted by molar-refractivity contribution is 5.81. The quantitative estimate of drug-likeness (QED) is 0.810. The molecule has 0 radical (unpaired) electrons. The fourth-order valence-corrected chi connectivity index (χ4v) is 2.08. The van der Waals surface area contributed by atoms with E-state index in [0.29, 0.717) is 5.92 Å². The number of hydrogen-bond acceptors (Lipinski definition) is 2. The third-order valence-electron chi connectivity index (χ3n) is 3.22. The second kappa shape index (κ2) is 3.11. The number of hydrogen-bond donors (Lipinski definition) is 1.